The topological polar surface area (TPSA) is 64.3 Å². The summed E-state index contributed by atoms with van der Waals surface area (Å²) in [7, 11) is 1.65. The molecule has 0 unspecified atom stereocenters. The summed E-state index contributed by atoms with van der Waals surface area (Å²) in [6, 6.07) is 5.96. The third kappa shape index (κ3) is 4.07. The Labute approximate surface area is 102 Å². The molecule has 94 valence electrons. The molecular formula is C13H20N2O2. The highest BCUT2D eigenvalue weighted by atomic mass is 16.5. The van der Waals surface area contributed by atoms with Crippen LogP contribution in [-0.4, -0.2) is 26.1 Å². The summed E-state index contributed by atoms with van der Waals surface area (Å²) in [4.78, 5) is 11.5. The van der Waals surface area contributed by atoms with Gasteiger partial charge in [0.15, 0.2) is 0 Å². The summed E-state index contributed by atoms with van der Waals surface area (Å²) < 4.78 is 5.34. The Morgan fingerprint density at radius 1 is 1.47 bits per heavy atom. The fraction of sp³-hybridized carbons (Fsp3) is 0.462. The molecule has 0 saturated heterocycles. The van der Waals surface area contributed by atoms with Gasteiger partial charge in [-0.05, 0) is 24.5 Å². The second-order valence-electron chi connectivity index (χ2n) is 3.91. The van der Waals surface area contributed by atoms with E-state index < -0.39 is 0 Å². The highest BCUT2D eigenvalue weighted by Crippen LogP contribution is 2.23. The van der Waals surface area contributed by atoms with Crippen LogP contribution in [0.25, 0.3) is 0 Å². The van der Waals surface area contributed by atoms with Crippen molar-refractivity contribution in [3.63, 3.8) is 0 Å². The van der Waals surface area contributed by atoms with Crippen LogP contribution >= 0.6 is 0 Å². The minimum absolute atomic E-state index is 0.0269. The molecular weight excluding hydrogens is 216 g/mol. The molecule has 0 aliphatic heterocycles. The summed E-state index contributed by atoms with van der Waals surface area (Å²) in [5.41, 5.74) is 7.47. The van der Waals surface area contributed by atoms with Gasteiger partial charge in [0.05, 0.1) is 7.11 Å². The van der Waals surface area contributed by atoms with Crippen LogP contribution in [0.5, 0.6) is 5.75 Å². The highest BCUT2D eigenvalue weighted by Gasteiger charge is 2.07. The fourth-order valence-corrected chi connectivity index (χ4v) is 1.75. The molecule has 17 heavy (non-hydrogen) atoms. The number of hydrogen-bond donors (Lipinski definition) is 2. The van der Waals surface area contributed by atoms with Crippen molar-refractivity contribution in [3.8, 4) is 5.75 Å². The molecule has 1 rings (SSSR count). The Bertz CT molecular complexity index is 378. The molecule has 3 N–H and O–H groups in total. The molecule has 0 radical (unpaired) electrons. The fourth-order valence-electron chi connectivity index (χ4n) is 1.75. The van der Waals surface area contributed by atoms with E-state index >= 15 is 0 Å². The predicted octanol–water partition coefficient (Wildman–Crippen LogP) is 1.01. The number of nitrogens with one attached hydrogen (secondary N) is 1. The van der Waals surface area contributed by atoms with Crippen molar-refractivity contribution in [2.24, 2.45) is 5.73 Å². The van der Waals surface area contributed by atoms with Crippen molar-refractivity contribution in [1.29, 1.82) is 0 Å². The van der Waals surface area contributed by atoms with Gasteiger partial charge in [-0.3, -0.25) is 4.79 Å². The van der Waals surface area contributed by atoms with E-state index in [1.807, 2.05) is 25.1 Å². The minimum atomic E-state index is 0.0269. The zero-order valence-corrected chi connectivity index (χ0v) is 10.5. The van der Waals surface area contributed by atoms with Gasteiger partial charge >= 0.3 is 0 Å². The second kappa shape index (κ2) is 6.91. The number of nitrogens with two attached hydrogens (primary N) is 1. The standard InChI is InChI=1S/C13H20N2O2/c1-10-4-3-5-11(13(10)17-2)6-7-12(16)15-9-8-14/h3-5H,6-9,14H2,1-2H3,(H,15,16). The largest absolute Gasteiger partial charge is 0.496 e. The molecule has 4 nitrogen and oxygen atoms in total. The first kappa shape index (κ1) is 13.5. The summed E-state index contributed by atoms with van der Waals surface area (Å²) in [5.74, 6) is 0.901. The van der Waals surface area contributed by atoms with Gasteiger partial charge in [-0.15, -0.1) is 0 Å². The minimum Gasteiger partial charge on any atom is -0.496 e. The lowest BCUT2D eigenvalue weighted by molar-refractivity contribution is -0.120. The van der Waals surface area contributed by atoms with Gasteiger partial charge in [-0.1, -0.05) is 18.2 Å². The van der Waals surface area contributed by atoms with E-state index in [-0.39, 0.29) is 5.91 Å². The number of benzene rings is 1. The molecule has 0 fully saturated rings. The monoisotopic (exact) mass is 236 g/mol. The van der Waals surface area contributed by atoms with Crippen LogP contribution < -0.4 is 15.8 Å². The first-order valence-corrected chi connectivity index (χ1v) is 5.78. The third-order valence-electron chi connectivity index (χ3n) is 2.59. The number of carbonyl (C=O) groups excluding carboxylic acids is 1. The Hall–Kier alpha value is -1.55. The maximum absolute atomic E-state index is 11.5. The summed E-state index contributed by atoms with van der Waals surface area (Å²) >= 11 is 0. The Balaban J connectivity index is 2.57. The smallest absolute Gasteiger partial charge is 0.220 e. The van der Waals surface area contributed by atoms with E-state index in [0.717, 1.165) is 16.9 Å². The van der Waals surface area contributed by atoms with Gasteiger partial charge in [0.1, 0.15) is 5.75 Å². The quantitative estimate of drug-likeness (QED) is 0.775. The first-order valence-electron chi connectivity index (χ1n) is 5.78. The highest BCUT2D eigenvalue weighted by molar-refractivity contribution is 5.76. The number of amides is 1. The molecule has 0 atom stereocenters. The van der Waals surface area contributed by atoms with Crippen LogP contribution in [0.15, 0.2) is 18.2 Å². The zero-order valence-electron chi connectivity index (χ0n) is 10.5. The van der Waals surface area contributed by atoms with Crippen LogP contribution in [0.2, 0.25) is 0 Å². The summed E-state index contributed by atoms with van der Waals surface area (Å²) in [6.07, 6.45) is 1.14. The number of ether oxygens (including phenoxy) is 1. The molecule has 0 heterocycles. The maximum Gasteiger partial charge on any atom is 0.220 e. The van der Waals surface area contributed by atoms with E-state index in [9.17, 15) is 4.79 Å². The molecule has 0 aliphatic rings. The van der Waals surface area contributed by atoms with Gasteiger partial charge in [0, 0.05) is 19.5 Å². The molecule has 1 aromatic rings. The van der Waals surface area contributed by atoms with Gasteiger partial charge in [0.25, 0.3) is 0 Å². The Morgan fingerprint density at radius 2 is 2.24 bits per heavy atom. The number of para-hydroxylation sites is 1. The average molecular weight is 236 g/mol. The Kier molecular flexibility index (Phi) is 5.49. The molecule has 1 amide bonds. The maximum atomic E-state index is 11.5. The first-order chi connectivity index (χ1) is 8.19. The van der Waals surface area contributed by atoms with Gasteiger partial charge < -0.3 is 15.8 Å². The predicted molar refractivity (Wildman–Crippen MR) is 68.1 cm³/mol. The normalized spacial score (nSPS) is 10.1. The van der Waals surface area contributed by atoms with E-state index in [1.165, 1.54) is 0 Å². The number of aryl methyl sites for hydroxylation is 2. The molecule has 0 aliphatic carbocycles. The van der Waals surface area contributed by atoms with E-state index in [1.54, 1.807) is 7.11 Å². The molecule has 1 aromatic carbocycles. The van der Waals surface area contributed by atoms with Crippen LogP contribution in [0.4, 0.5) is 0 Å². The van der Waals surface area contributed by atoms with E-state index in [2.05, 4.69) is 5.32 Å². The molecule has 0 spiro atoms. The SMILES string of the molecule is COc1c(C)cccc1CCC(=O)NCCN. The van der Waals surface area contributed by atoms with Crippen LogP contribution in [-0.2, 0) is 11.2 Å². The third-order valence-corrected chi connectivity index (χ3v) is 2.59. The number of carbonyl (C=O) groups is 1. The number of rotatable bonds is 6. The van der Waals surface area contributed by atoms with Gasteiger partial charge in [-0.2, -0.15) is 0 Å². The van der Waals surface area contributed by atoms with E-state index in [4.69, 9.17) is 10.5 Å². The van der Waals surface area contributed by atoms with E-state index in [0.29, 0.717) is 25.9 Å². The molecule has 0 saturated carbocycles. The van der Waals surface area contributed by atoms with Crippen LogP contribution in [0.1, 0.15) is 17.5 Å². The summed E-state index contributed by atoms with van der Waals surface area (Å²) in [6.45, 7) is 3.00. The average Bonchev–Trinajstić information content (AvgIpc) is 2.33. The summed E-state index contributed by atoms with van der Waals surface area (Å²) in [5, 5.41) is 2.75. The lowest BCUT2D eigenvalue weighted by atomic mass is 10.0. The van der Waals surface area contributed by atoms with Crippen LogP contribution in [0.3, 0.4) is 0 Å². The van der Waals surface area contributed by atoms with Crippen molar-refractivity contribution in [1.82, 2.24) is 5.32 Å². The molecule has 0 aromatic heterocycles. The molecule has 0 bridgehead atoms. The van der Waals surface area contributed by atoms with Crippen LogP contribution in [0, 0.1) is 6.92 Å². The lowest BCUT2D eigenvalue weighted by Gasteiger charge is -2.11. The molecule has 4 heteroatoms. The van der Waals surface area contributed by atoms with Crippen molar-refractivity contribution < 1.29 is 9.53 Å². The number of hydrogen-bond acceptors (Lipinski definition) is 3. The van der Waals surface area contributed by atoms with Gasteiger partial charge in [0.2, 0.25) is 5.91 Å². The lowest BCUT2D eigenvalue weighted by Crippen LogP contribution is -2.29. The van der Waals surface area contributed by atoms with Crippen molar-refractivity contribution in [3.05, 3.63) is 29.3 Å². The van der Waals surface area contributed by atoms with Crippen molar-refractivity contribution in [2.75, 3.05) is 20.2 Å². The number of methoxy groups -OCH3 is 1. The Morgan fingerprint density at radius 3 is 2.88 bits per heavy atom. The van der Waals surface area contributed by atoms with Crippen molar-refractivity contribution in [2.45, 2.75) is 19.8 Å². The zero-order chi connectivity index (χ0) is 12.7. The van der Waals surface area contributed by atoms with Gasteiger partial charge in [-0.25, -0.2) is 0 Å². The second-order valence-corrected chi connectivity index (χ2v) is 3.91. The van der Waals surface area contributed by atoms with Crippen molar-refractivity contribution >= 4 is 5.91 Å².